The second kappa shape index (κ2) is 10.4. The first kappa shape index (κ1) is 23.3. The molecule has 4 rings (SSSR count). The average molecular weight is 590 g/mol. The van der Waals surface area contributed by atoms with Gasteiger partial charge in [-0.1, -0.05) is 55.8 Å². The Morgan fingerprint density at radius 3 is 2.61 bits per heavy atom. The molecule has 0 atom stereocenters. The fourth-order valence-electron chi connectivity index (χ4n) is 2.98. The van der Waals surface area contributed by atoms with Crippen LogP contribution in [0, 0.1) is 5.82 Å². The van der Waals surface area contributed by atoms with E-state index in [9.17, 15) is 14.0 Å². The SMILES string of the molecule is O=C(CSc1nc2ccccc2c(=O)n1-c1ccc(Br)cc1)N/N=C/c1cc(Br)ccc1F. The lowest BCUT2D eigenvalue weighted by molar-refractivity contribution is -0.118. The molecule has 0 radical (unpaired) electrons. The molecule has 1 heterocycles. The van der Waals surface area contributed by atoms with Crippen molar-refractivity contribution in [1.29, 1.82) is 0 Å². The van der Waals surface area contributed by atoms with Crippen LogP contribution < -0.4 is 11.0 Å². The zero-order valence-electron chi connectivity index (χ0n) is 16.8. The third kappa shape index (κ3) is 5.58. The Hall–Kier alpha value is -2.82. The summed E-state index contributed by atoms with van der Waals surface area (Å²) in [6.07, 6.45) is 1.23. The minimum absolute atomic E-state index is 0.0420. The second-order valence-corrected chi connectivity index (χ2v) is 9.55. The first-order valence-electron chi connectivity index (χ1n) is 9.60. The van der Waals surface area contributed by atoms with E-state index in [-0.39, 0.29) is 16.9 Å². The van der Waals surface area contributed by atoms with Crippen LogP contribution in [0.5, 0.6) is 0 Å². The van der Waals surface area contributed by atoms with Gasteiger partial charge in [0.15, 0.2) is 5.16 Å². The third-order valence-corrected chi connectivity index (χ3v) is 6.47. The molecule has 10 heteroatoms. The summed E-state index contributed by atoms with van der Waals surface area (Å²) < 4.78 is 16.8. The second-order valence-electron chi connectivity index (χ2n) is 6.78. The summed E-state index contributed by atoms with van der Waals surface area (Å²) in [5.41, 5.74) is 3.55. The van der Waals surface area contributed by atoms with E-state index in [1.165, 1.54) is 16.8 Å². The highest BCUT2D eigenvalue weighted by atomic mass is 79.9. The number of nitrogens with one attached hydrogen (secondary N) is 1. The van der Waals surface area contributed by atoms with Crippen molar-refractivity contribution >= 4 is 66.6 Å². The zero-order chi connectivity index (χ0) is 23.4. The largest absolute Gasteiger partial charge is 0.272 e. The monoisotopic (exact) mass is 588 g/mol. The minimum atomic E-state index is -0.454. The number of carbonyl (C=O) groups is 1. The molecule has 0 bridgehead atoms. The van der Waals surface area contributed by atoms with Gasteiger partial charge in [0.2, 0.25) is 0 Å². The van der Waals surface area contributed by atoms with Crippen molar-refractivity contribution in [1.82, 2.24) is 15.0 Å². The van der Waals surface area contributed by atoms with Crippen molar-refractivity contribution in [2.75, 3.05) is 5.75 Å². The van der Waals surface area contributed by atoms with Gasteiger partial charge in [-0.15, -0.1) is 0 Å². The van der Waals surface area contributed by atoms with E-state index < -0.39 is 11.7 Å². The molecule has 0 spiro atoms. The van der Waals surface area contributed by atoms with Gasteiger partial charge < -0.3 is 0 Å². The van der Waals surface area contributed by atoms with Crippen molar-refractivity contribution in [2.24, 2.45) is 5.10 Å². The van der Waals surface area contributed by atoms with Crippen LogP contribution in [0.2, 0.25) is 0 Å². The van der Waals surface area contributed by atoms with Crippen LogP contribution in [0.25, 0.3) is 16.6 Å². The molecular formula is C23H15Br2FN4O2S. The van der Waals surface area contributed by atoms with Crippen LogP contribution in [0.3, 0.4) is 0 Å². The van der Waals surface area contributed by atoms with Crippen LogP contribution in [0.1, 0.15) is 5.56 Å². The van der Waals surface area contributed by atoms with Crippen molar-refractivity contribution in [3.05, 3.63) is 97.4 Å². The summed E-state index contributed by atoms with van der Waals surface area (Å²) in [5, 5.41) is 4.68. The molecule has 0 aliphatic heterocycles. The number of thioether (sulfide) groups is 1. The number of hydrazone groups is 1. The van der Waals surface area contributed by atoms with Crippen molar-refractivity contribution in [3.8, 4) is 5.69 Å². The van der Waals surface area contributed by atoms with E-state index >= 15 is 0 Å². The molecule has 0 aliphatic rings. The number of carbonyl (C=O) groups excluding carboxylic acids is 1. The van der Waals surface area contributed by atoms with Gasteiger partial charge in [0.1, 0.15) is 5.82 Å². The number of aromatic nitrogens is 2. The van der Waals surface area contributed by atoms with Gasteiger partial charge in [-0.05, 0) is 54.6 Å². The molecule has 166 valence electrons. The lowest BCUT2D eigenvalue weighted by Gasteiger charge is -2.13. The van der Waals surface area contributed by atoms with Gasteiger partial charge in [-0.2, -0.15) is 5.10 Å². The molecule has 1 aromatic heterocycles. The Morgan fingerprint density at radius 1 is 1.09 bits per heavy atom. The molecule has 0 aliphatic carbocycles. The predicted octanol–water partition coefficient (Wildman–Crippen LogP) is 5.29. The first-order valence-corrected chi connectivity index (χ1v) is 12.2. The van der Waals surface area contributed by atoms with E-state index in [1.807, 2.05) is 12.1 Å². The minimum Gasteiger partial charge on any atom is -0.272 e. The molecular weight excluding hydrogens is 575 g/mol. The van der Waals surface area contributed by atoms with Gasteiger partial charge in [0.25, 0.3) is 11.5 Å². The number of benzene rings is 3. The number of para-hydroxylation sites is 1. The number of fused-ring (bicyclic) bond motifs is 1. The fraction of sp³-hybridized carbons (Fsp3) is 0.0435. The number of rotatable bonds is 6. The maximum Gasteiger partial charge on any atom is 0.266 e. The maximum atomic E-state index is 13.8. The highest BCUT2D eigenvalue weighted by molar-refractivity contribution is 9.10. The topological polar surface area (TPSA) is 76.3 Å². The summed E-state index contributed by atoms with van der Waals surface area (Å²) in [4.78, 5) is 30.1. The number of hydrogen-bond donors (Lipinski definition) is 1. The van der Waals surface area contributed by atoms with E-state index in [4.69, 9.17) is 0 Å². The zero-order valence-corrected chi connectivity index (χ0v) is 20.8. The van der Waals surface area contributed by atoms with Gasteiger partial charge in [-0.3, -0.25) is 14.2 Å². The lowest BCUT2D eigenvalue weighted by atomic mass is 10.2. The first-order chi connectivity index (χ1) is 15.9. The van der Waals surface area contributed by atoms with Crippen molar-refractivity contribution < 1.29 is 9.18 Å². The summed E-state index contributed by atoms with van der Waals surface area (Å²) in [6, 6.07) is 18.7. The summed E-state index contributed by atoms with van der Waals surface area (Å²) in [5.74, 6) is -0.916. The van der Waals surface area contributed by atoms with E-state index in [2.05, 4.69) is 47.4 Å². The molecule has 1 amide bonds. The Kier molecular flexibility index (Phi) is 7.36. The fourth-order valence-corrected chi connectivity index (χ4v) is 4.42. The lowest BCUT2D eigenvalue weighted by Crippen LogP contribution is -2.24. The number of hydrogen-bond acceptors (Lipinski definition) is 5. The highest BCUT2D eigenvalue weighted by Crippen LogP contribution is 2.22. The van der Waals surface area contributed by atoms with Gasteiger partial charge in [-0.25, -0.2) is 14.8 Å². The molecule has 33 heavy (non-hydrogen) atoms. The molecule has 1 N–H and O–H groups in total. The molecule has 3 aromatic carbocycles. The average Bonchev–Trinajstić information content (AvgIpc) is 2.81. The summed E-state index contributed by atoms with van der Waals surface area (Å²) >= 11 is 7.77. The smallest absolute Gasteiger partial charge is 0.266 e. The Balaban J connectivity index is 1.56. The van der Waals surface area contributed by atoms with Crippen LogP contribution >= 0.6 is 43.6 Å². The molecule has 0 saturated heterocycles. The normalized spacial score (nSPS) is 11.2. The van der Waals surface area contributed by atoms with Crippen LogP contribution in [-0.4, -0.2) is 27.4 Å². The van der Waals surface area contributed by atoms with Crippen LogP contribution in [0.15, 0.2) is 90.7 Å². The maximum absolute atomic E-state index is 13.8. The van der Waals surface area contributed by atoms with Crippen LogP contribution in [-0.2, 0) is 4.79 Å². The van der Waals surface area contributed by atoms with Crippen LogP contribution in [0.4, 0.5) is 4.39 Å². The third-order valence-electron chi connectivity index (χ3n) is 4.51. The van der Waals surface area contributed by atoms with E-state index in [0.717, 1.165) is 16.2 Å². The van der Waals surface area contributed by atoms with Gasteiger partial charge in [0, 0.05) is 14.5 Å². The van der Waals surface area contributed by atoms with E-state index in [0.29, 0.717) is 26.2 Å². The molecule has 0 unspecified atom stereocenters. The van der Waals surface area contributed by atoms with E-state index in [1.54, 1.807) is 48.5 Å². The quantitative estimate of drug-likeness (QED) is 0.143. The molecule has 6 nitrogen and oxygen atoms in total. The Bertz CT molecular complexity index is 1420. The number of halogens is 3. The molecule has 4 aromatic rings. The van der Waals surface area contributed by atoms with Crippen molar-refractivity contribution in [3.63, 3.8) is 0 Å². The standard InChI is InChI=1S/C23H15Br2FN4O2S/c24-15-5-8-17(9-6-15)30-22(32)18-3-1-2-4-20(18)28-23(30)33-13-21(31)29-27-12-14-11-16(25)7-10-19(14)26/h1-12H,13H2,(H,29,31)/b27-12+. The van der Waals surface area contributed by atoms with Gasteiger partial charge >= 0.3 is 0 Å². The number of amides is 1. The molecule has 0 saturated carbocycles. The highest BCUT2D eigenvalue weighted by Gasteiger charge is 2.14. The number of nitrogens with zero attached hydrogens (tertiary/aromatic N) is 3. The Morgan fingerprint density at radius 2 is 1.82 bits per heavy atom. The van der Waals surface area contributed by atoms with Gasteiger partial charge in [0.05, 0.1) is 28.6 Å². The summed E-state index contributed by atoms with van der Waals surface area (Å²) in [7, 11) is 0. The summed E-state index contributed by atoms with van der Waals surface area (Å²) in [6.45, 7) is 0. The Labute approximate surface area is 209 Å². The van der Waals surface area contributed by atoms with Crippen molar-refractivity contribution in [2.45, 2.75) is 5.16 Å². The molecule has 0 fully saturated rings. The predicted molar refractivity (Wildman–Crippen MR) is 136 cm³/mol.